The molecule has 1 unspecified atom stereocenters. The number of carbonyl (C=O) groups excluding carboxylic acids is 1. The molecule has 5 nitrogen and oxygen atoms in total. The number of rotatable bonds is 6. The summed E-state index contributed by atoms with van der Waals surface area (Å²) in [5.74, 6) is 0.318. The van der Waals surface area contributed by atoms with E-state index in [0.29, 0.717) is 37.1 Å². The van der Waals surface area contributed by atoms with Gasteiger partial charge in [-0.3, -0.25) is 4.79 Å². The lowest BCUT2D eigenvalue weighted by Crippen LogP contribution is -2.40. The fourth-order valence-corrected chi connectivity index (χ4v) is 4.98. The lowest BCUT2D eigenvalue weighted by atomic mass is 9.95. The van der Waals surface area contributed by atoms with Gasteiger partial charge in [0.25, 0.3) is 5.91 Å². The van der Waals surface area contributed by atoms with E-state index in [-0.39, 0.29) is 16.4 Å². The predicted octanol–water partition coefficient (Wildman–Crippen LogP) is 3.63. The molecule has 1 aliphatic rings. The highest BCUT2D eigenvalue weighted by Crippen LogP contribution is 2.27. The van der Waals surface area contributed by atoms with Crippen molar-refractivity contribution in [2.75, 3.05) is 26.2 Å². The molecule has 0 N–H and O–H groups in total. The summed E-state index contributed by atoms with van der Waals surface area (Å²) < 4.78 is 26.8. The van der Waals surface area contributed by atoms with E-state index in [2.05, 4.69) is 6.92 Å². The largest absolute Gasteiger partial charge is 0.338 e. The molecule has 0 radical (unpaired) electrons. The van der Waals surface area contributed by atoms with Crippen LogP contribution in [0.5, 0.6) is 0 Å². The van der Waals surface area contributed by atoms with Crippen molar-refractivity contribution in [1.82, 2.24) is 9.21 Å². The minimum absolute atomic E-state index is 0.119. The third kappa shape index (κ3) is 4.36. The van der Waals surface area contributed by atoms with E-state index in [0.717, 1.165) is 19.3 Å². The molecule has 0 aliphatic carbocycles. The average Bonchev–Trinajstić information content (AvgIpc) is 2.62. The maximum absolute atomic E-state index is 12.9. The predicted molar refractivity (Wildman–Crippen MR) is 100 cm³/mol. The lowest BCUT2D eigenvalue weighted by Gasteiger charge is -2.32. The Kier molecular flexibility index (Phi) is 6.88. The molecule has 0 bridgehead atoms. The van der Waals surface area contributed by atoms with Crippen LogP contribution in [0.2, 0.25) is 5.02 Å². The monoisotopic (exact) mass is 386 g/mol. The van der Waals surface area contributed by atoms with Gasteiger partial charge in [0, 0.05) is 26.2 Å². The molecule has 1 aliphatic heterocycles. The number of piperidine rings is 1. The number of amides is 1. The van der Waals surface area contributed by atoms with Gasteiger partial charge in [0.05, 0.1) is 15.5 Å². The smallest absolute Gasteiger partial charge is 0.255 e. The van der Waals surface area contributed by atoms with Gasteiger partial charge in [-0.15, -0.1) is 0 Å². The summed E-state index contributed by atoms with van der Waals surface area (Å²) in [6.07, 6.45) is 3.14. The molecule has 25 heavy (non-hydrogen) atoms. The first-order valence-corrected chi connectivity index (χ1v) is 10.8. The quantitative estimate of drug-likeness (QED) is 0.750. The molecule has 7 heteroatoms. The summed E-state index contributed by atoms with van der Waals surface area (Å²) in [5.41, 5.74) is 0.270. The van der Waals surface area contributed by atoms with Crippen LogP contribution in [0.1, 0.15) is 50.4 Å². The van der Waals surface area contributed by atoms with Crippen LogP contribution in [0, 0.1) is 5.92 Å². The van der Waals surface area contributed by atoms with Gasteiger partial charge in [0.1, 0.15) is 0 Å². The van der Waals surface area contributed by atoms with E-state index in [4.69, 9.17) is 11.6 Å². The molecule has 1 atom stereocenters. The maximum Gasteiger partial charge on any atom is 0.255 e. The van der Waals surface area contributed by atoms with Gasteiger partial charge in [-0.2, -0.15) is 4.31 Å². The zero-order chi connectivity index (χ0) is 18.6. The van der Waals surface area contributed by atoms with Gasteiger partial charge >= 0.3 is 0 Å². The molecule has 1 aromatic rings. The van der Waals surface area contributed by atoms with Crippen LogP contribution < -0.4 is 0 Å². The van der Waals surface area contributed by atoms with Gasteiger partial charge < -0.3 is 4.90 Å². The van der Waals surface area contributed by atoms with E-state index in [1.54, 1.807) is 18.7 Å². The Morgan fingerprint density at radius 2 is 1.96 bits per heavy atom. The van der Waals surface area contributed by atoms with Gasteiger partial charge in [-0.25, -0.2) is 8.42 Å². The van der Waals surface area contributed by atoms with Crippen LogP contribution in [0.25, 0.3) is 0 Å². The highest BCUT2D eigenvalue weighted by Gasteiger charge is 2.27. The van der Waals surface area contributed by atoms with Crippen molar-refractivity contribution >= 4 is 27.5 Å². The van der Waals surface area contributed by atoms with Crippen LogP contribution in [0.3, 0.4) is 0 Å². The summed E-state index contributed by atoms with van der Waals surface area (Å²) in [6.45, 7) is 7.88. The molecular formula is C18H27ClN2O3S. The first-order valence-electron chi connectivity index (χ1n) is 8.94. The second-order valence-corrected chi connectivity index (χ2v) is 8.74. The summed E-state index contributed by atoms with van der Waals surface area (Å²) in [7, 11) is -3.62. The molecule has 0 spiro atoms. The second-order valence-electron chi connectivity index (χ2n) is 6.40. The van der Waals surface area contributed by atoms with Crippen molar-refractivity contribution < 1.29 is 13.2 Å². The molecule has 2 rings (SSSR count). The Hall–Kier alpha value is -1.11. The van der Waals surface area contributed by atoms with Crippen molar-refractivity contribution in [3.05, 3.63) is 28.8 Å². The van der Waals surface area contributed by atoms with E-state index < -0.39 is 10.0 Å². The third-order valence-electron chi connectivity index (χ3n) is 4.89. The number of hydrogen-bond donors (Lipinski definition) is 0. The van der Waals surface area contributed by atoms with Crippen LogP contribution in [-0.4, -0.2) is 49.7 Å². The standard InChI is InChI=1S/C18H27ClN2O3S/c1-4-14-8-7-11-20(13-14)18(22)16-12-15(9-10-17(16)19)25(23,24)21(5-2)6-3/h9-10,12,14H,4-8,11,13H2,1-3H3. The van der Waals surface area contributed by atoms with E-state index in [1.807, 2.05) is 0 Å². The second kappa shape index (κ2) is 8.52. The van der Waals surface area contributed by atoms with Crippen molar-refractivity contribution in [3.63, 3.8) is 0 Å². The minimum Gasteiger partial charge on any atom is -0.338 e. The lowest BCUT2D eigenvalue weighted by molar-refractivity contribution is 0.0671. The summed E-state index contributed by atoms with van der Waals surface area (Å²) >= 11 is 6.22. The van der Waals surface area contributed by atoms with Gasteiger partial charge in [0.2, 0.25) is 10.0 Å². The SMILES string of the molecule is CCC1CCCN(C(=O)c2cc(S(=O)(=O)N(CC)CC)ccc2Cl)C1. The topological polar surface area (TPSA) is 57.7 Å². The Morgan fingerprint density at radius 1 is 1.28 bits per heavy atom. The molecule has 0 aromatic heterocycles. The normalized spacial score (nSPS) is 18.6. The van der Waals surface area contributed by atoms with Crippen molar-refractivity contribution in [2.24, 2.45) is 5.92 Å². The molecule has 1 fully saturated rings. The fourth-order valence-electron chi connectivity index (χ4n) is 3.29. The molecule has 140 valence electrons. The first-order chi connectivity index (χ1) is 11.8. The Morgan fingerprint density at radius 3 is 2.56 bits per heavy atom. The summed E-state index contributed by atoms with van der Waals surface area (Å²) in [6, 6.07) is 4.40. The molecular weight excluding hydrogens is 360 g/mol. The number of sulfonamides is 1. The number of halogens is 1. The summed E-state index contributed by atoms with van der Waals surface area (Å²) in [4.78, 5) is 14.8. The summed E-state index contributed by atoms with van der Waals surface area (Å²) in [5, 5.41) is 0.294. The Bertz CT molecular complexity index is 717. The fraction of sp³-hybridized carbons (Fsp3) is 0.611. The van der Waals surface area contributed by atoms with Crippen LogP contribution in [-0.2, 0) is 10.0 Å². The molecule has 0 saturated carbocycles. The van der Waals surface area contributed by atoms with Gasteiger partial charge in [0.15, 0.2) is 0 Å². The number of carbonyl (C=O) groups is 1. The van der Waals surface area contributed by atoms with Crippen molar-refractivity contribution in [3.8, 4) is 0 Å². The van der Waals surface area contributed by atoms with Gasteiger partial charge in [-0.05, 0) is 37.0 Å². The Balaban J connectivity index is 2.34. The first kappa shape index (κ1) is 20.2. The zero-order valence-electron chi connectivity index (χ0n) is 15.2. The number of hydrogen-bond acceptors (Lipinski definition) is 3. The third-order valence-corrected chi connectivity index (χ3v) is 7.27. The van der Waals surface area contributed by atoms with E-state index in [1.165, 1.54) is 22.5 Å². The van der Waals surface area contributed by atoms with Crippen LogP contribution in [0.15, 0.2) is 23.1 Å². The molecule has 1 heterocycles. The Labute approximate surface area is 156 Å². The van der Waals surface area contributed by atoms with Crippen LogP contribution in [0.4, 0.5) is 0 Å². The number of nitrogens with zero attached hydrogens (tertiary/aromatic N) is 2. The average molecular weight is 387 g/mol. The highest BCUT2D eigenvalue weighted by molar-refractivity contribution is 7.89. The number of likely N-dealkylation sites (tertiary alicyclic amines) is 1. The molecule has 1 saturated heterocycles. The zero-order valence-corrected chi connectivity index (χ0v) is 16.7. The number of benzene rings is 1. The minimum atomic E-state index is -3.62. The van der Waals surface area contributed by atoms with Crippen LogP contribution >= 0.6 is 11.6 Å². The van der Waals surface area contributed by atoms with Gasteiger partial charge in [-0.1, -0.05) is 38.8 Å². The van der Waals surface area contributed by atoms with Crippen molar-refractivity contribution in [2.45, 2.75) is 44.9 Å². The van der Waals surface area contributed by atoms with Crippen molar-refractivity contribution in [1.29, 1.82) is 0 Å². The molecule has 1 aromatic carbocycles. The molecule has 1 amide bonds. The highest BCUT2D eigenvalue weighted by atomic mass is 35.5. The van der Waals surface area contributed by atoms with E-state index in [9.17, 15) is 13.2 Å². The maximum atomic E-state index is 12.9. The van der Waals surface area contributed by atoms with E-state index >= 15 is 0 Å².